The van der Waals surface area contributed by atoms with Crippen LogP contribution in [0.1, 0.15) is 20.3 Å². The van der Waals surface area contributed by atoms with E-state index in [0.29, 0.717) is 13.1 Å². The Morgan fingerprint density at radius 1 is 1.14 bits per heavy atom. The summed E-state index contributed by atoms with van der Waals surface area (Å²) in [6.45, 7) is 11.9. The van der Waals surface area contributed by atoms with Crippen molar-refractivity contribution in [3.63, 3.8) is 0 Å². The molecule has 0 aliphatic rings. The van der Waals surface area contributed by atoms with E-state index in [0.717, 1.165) is 0 Å². The Morgan fingerprint density at radius 3 is 2.14 bits per heavy atom. The lowest BCUT2D eigenvalue weighted by Gasteiger charge is -2.25. The fourth-order valence-corrected chi connectivity index (χ4v) is 1.78. The quantitative estimate of drug-likeness (QED) is 0.344. The summed E-state index contributed by atoms with van der Waals surface area (Å²) < 4.78 is 15.2. The topological polar surface area (TPSA) is 65.1 Å². The number of hydrogen-bond acceptors (Lipinski definition) is 6. The molecule has 0 N–H and O–H groups in total. The van der Waals surface area contributed by atoms with Crippen LogP contribution in [0.2, 0.25) is 0 Å². The summed E-state index contributed by atoms with van der Waals surface area (Å²) in [7, 11) is 0. The summed E-state index contributed by atoms with van der Waals surface area (Å²) in [6.07, 6.45) is 1.89. The monoisotopic (exact) mass is 329 g/mol. The summed E-state index contributed by atoms with van der Waals surface area (Å²) >= 11 is 5.15. The van der Waals surface area contributed by atoms with Gasteiger partial charge < -0.3 is 19.1 Å². The molecule has 0 aromatic carbocycles. The van der Waals surface area contributed by atoms with Gasteiger partial charge in [0.1, 0.15) is 0 Å². The van der Waals surface area contributed by atoms with E-state index in [1.807, 2.05) is 0 Å². The van der Waals surface area contributed by atoms with Crippen LogP contribution in [-0.2, 0) is 23.8 Å². The third-order valence-electron chi connectivity index (χ3n) is 2.41. The molecule has 0 fully saturated rings. The largest absolute Gasteiger partial charge is 0.466 e. The molecule has 7 heteroatoms. The fourth-order valence-electron chi connectivity index (χ4n) is 1.51. The number of carbonyl (C=O) groups is 2. The first-order valence-corrected chi connectivity index (χ1v) is 7.40. The van der Waals surface area contributed by atoms with Crippen LogP contribution in [0.5, 0.6) is 0 Å². The van der Waals surface area contributed by atoms with Crippen LogP contribution >= 0.6 is 12.2 Å². The molecule has 0 heterocycles. The van der Waals surface area contributed by atoms with Gasteiger partial charge in [-0.25, -0.2) is 4.79 Å². The van der Waals surface area contributed by atoms with Crippen molar-refractivity contribution < 1.29 is 23.8 Å². The number of nitrogens with zero attached hydrogens (tertiary/aromatic N) is 1. The molecule has 0 aromatic rings. The van der Waals surface area contributed by atoms with Gasteiger partial charge in [0.2, 0.25) is 6.10 Å². The van der Waals surface area contributed by atoms with Gasteiger partial charge in [-0.3, -0.25) is 4.79 Å². The number of thiocarbonyl (C=S) groups is 1. The lowest BCUT2D eigenvalue weighted by molar-refractivity contribution is -0.158. The number of hydrogen-bond donors (Lipinski definition) is 0. The Morgan fingerprint density at radius 2 is 1.68 bits per heavy atom. The molecule has 0 aliphatic carbocycles. The van der Waals surface area contributed by atoms with Gasteiger partial charge >= 0.3 is 11.9 Å². The van der Waals surface area contributed by atoms with Crippen molar-refractivity contribution in [3.8, 4) is 0 Å². The Kier molecular flexibility index (Phi) is 10.7. The van der Waals surface area contributed by atoms with Crippen molar-refractivity contribution in [3.05, 3.63) is 25.3 Å². The lowest BCUT2D eigenvalue weighted by Crippen LogP contribution is -2.39. The highest BCUT2D eigenvalue weighted by Crippen LogP contribution is 2.08. The van der Waals surface area contributed by atoms with Gasteiger partial charge in [-0.05, 0) is 26.1 Å². The maximum absolute atomic E-state index is 11.9. The minimum absolute atomic E-state index is 0.0714. The van der Waals surface area contributed by atoms with Gasteiger partial charge in [-0.1, -0.05) is 12.2 Å². The second kappa shape index (κ2) is 11.7. The number of carbonyl (C=O) groups excluding carboxylic acids is 2. The maximum Gasteiger partial charge on any atom is 0.348 e. The van der Waals surface area contributed by atoms with Gasteiger partial charge in [0.25, 0.3) is 5.17 Å². The summed E-state index contributed by atoms with van der Waals surface area (Å²) in [6, 6.07) is 0. The van der Waals surface area contributed by atoms with Crippen molar-refractivity contribution in [1.29, 1.82) is 0 Å². The Labute approximate surface area is 136 Å². The predicted octanol–water partition coefficient (Wildman–Crippen LogP) is 1.85. The molecule has 6 nitrogen and oxygen atoms in total. The molecule has 0 saturated carbocycles. The molecule has 0 saturated heterocycles. The van der Waals surface area contributed by atoms with E-state index in [4.69, 9.17) is 26.4 Å². The third-order valence-corrected chi connectivity index (χ3v) is 2.76. The van der Waals surface area contributed by atoms with Crippen molar-refractivity contribution in [1.82, 2.24) is 4.90 Å². The van der Waals surface area contributed by atoms with Gasteiger partial charge in [-0.15, -0.1) is 13.2 Å². The Bertz CT molecular complexity index is 401. The molecule has 0 aliphatic heterocycles. The van der Waals surface area contributed by atoms with E-state index in [1.165, 1.54) is 0 Å². The third kappa shape index (κ3) is 7.78. The molecule has 0 radical (unpaired) electrons. The van der Waals surface area contributed by atoms with Crippen LogP contribution in [0.4, 0.5) is 0 Å². The molecule has 0 aromatic heterocycles. The van der Waals surface area contributed by atoms with E-state index in [2.05, 4.69) is 13.2 Å². The highest BCUT2D eigenvalue weighted by molar-refractivity contribution is 7.80. The van der Waals surface area contributed by atoms with Crippen molar-refractivity contribution >= 4 is 29.3 Å². The van der Waals surface area contributed by atoms with Crippen LogP contribution in [0, 0.1) is 0 Å². The molecule has 22 heavy (non-hydrogen) atoms. The zero-order valence-electron chi connectivity index (χ0n) is 13.1. The Balaban J connectivity index is 4.88. The van der Waals surface area contributed by atoms with Crippen LogP contribution in [0.25, 0.3) is 0 Å². The molecular formula is C15H23NO5S. The average Bonchev–Trinajstić information content (AvgIpc) is 2.46. The van der Waals surface area contributed by atoms with Crippen LogP contribution in [-0.4, -0.2) is 54.4 Å². The van der Waals surface area contributed by atoms with Gasteiger partial charge in [0.05, 0.1) is 19.6 Å². The van der Waals surface area contributed by atoms with E-state index in [-0.39, 0.29) is 24.8 Å². The molecule has 0 amide bonds. The molecule has 1 atom stereocenters. The number of ether oxygens (including phenoxy) is 3. The molecule has 1 unspecified atom stereocenters. The van der Waals surface area contributed by atoms with E-state index in [9.17, 15) is 9.59 Å². The highest BCUT2D eigenvalue weighted by Gasteiger charge is 2.28. The van der Waals surface area contributed by atoms with Gasteiger partial charge in [-0.2, -0.15) is 0 Å². The summed E-state index contributed by atoms with van der Waals surface area (Å²) in [5.41, 5.74) is 0. The molecule has 0 rings (SSSR count). The van der Waals surface area contributed by atoms with Crippen LogP contribution < -0.4 is 0 Å². The van der Waals surface area contributed by atoms with Crippen LogP contribution in [0.15, 0.2) is 25.3 Å². The molecule has 0 spiro atoms. The summed E-state index contributed by atoms with van der Waals surface area (Å²) in [5, 5.41) is 0.0714. The number of esters is 2. The normalized spacial score (nSPS) is 11.0. The zero-order chi connectivity index (χ0) is 17.0. The fraction of sp³-hybridized carbons (Fsp3) is 0.533. The van der Waals surface area contributed by atoms with Gasteiger partial charge in [0, 0.05) is 13.1 Å². The zero-order valence-corrected chi connectivity index (χ0v) is 13.9. The first-order valence-electron chi connectivity index (χ1n) is 6.99. The first kappa shape index (κ1) is 20.1. The summed E-state index contributed by atoms with van der Waals surface area (Å²) in [4.78, 5) is 25.1. The Hall–Kier alpha value is -1.89. The van der Waals surface area contributed by atoms with E-state index >= 15 is 0 Å². The average molecular weight is 329 g/mol. The second-order valence-electron chi connectivity index (χ2n) is 4.12. The lowest BCUT2D eigenvalue weighted by atomic mass is 10.2. The standard InChI is InChI=1S/C15H23NO5S/c1-5-9-16(10-6-2)15(22)21-12(14(18)20-8-4)11-13(17)19-7-3/h5-6,12H,1-2,7-11H2,3-4H3. The van der Waals surface area contributed by atoms with Crippen molar-refractivity contribution in [2.75, 3.05) is 26.3 Å². The summed E-state index contributed by atoms with van der Waals surface area (Å²) in [5.74, 6) is -1.21. The molecular weight excluding hydrogens is 306 g/mol. The SMILES string of the molecule is C=CCN(CC=C)C(=S)OC(CC(=O)OCC)C(=O)OCC. The van der Waals surface area contributed by atoms with Crippen molar-refractivity contribution in [2.24, 2.45) is 0 Å². The van der Waals surface area contributed by atoms with Crippen LogP contribution in [0.3, 0.4) is 0 Å². The molecule has 124 valence electrons. The highest BCUT2D eigenvalue weighted by atomic mass is 32.1. The van der Waals surface area contributed by atoms with E-state index in [1.54, 1.807) is 30.9 Å². The van der Waals surface area contributed by atoms with Gasteiger partial charge in [0.15, 0.2) is 0 Å². The minimum Gasteiger partial charge on any atom is -0.466 e. The smallest absolute Gasteiger partial charge is 0.348 e. The molecule has 0 bridgehead atoms. The second-order valence-corrected chi connectivity index (χ2v) is 4.47. The predicted molar refractivity (Wildman–Crippen MR) is 87.3 cm³/mol. The minimum atomic E-state index is -1.14. The van der Waals surface area contributed by atoms with E-state index < -0.39 is 18.0 Å². The first-order chi connectivity index (χ1) is 10.5. The van der Waals surface area contributed by atoms with Crippen molar-refractivity contribution in [2.45, 2.75) is 26.4 Å². The number of rotatable bonds is 10. The maximum atomic E-state index is 11.9.